The third-order valence-corrected chi connectivity index (χ3v) is 1.81. The van der Waals surface area contributed by atoms with E-state index in [9.17, 15) is 0 Å². The second kappa shape index (κ2) is 5.27. The Morgan fingerprint density at radius 1 is 1.42 bits per heavy atom. The van der Waals surface area contributed by atoms with Gasteiger partial charge in [-0.3, -0.25) is 0 Å². The fourth-order valence-electron chi connectivity index (χ4n) is 0.660. The molecule has 0 aliphatic carbocycles. The summed E-state index contributed by atoms with van der Waals surface area (Å²) in [6.07, 6.45) is 8.09. The third-order valence-electron chi connectivity index (χ3n) is 1.18. The lowest BCUT2D eigenvalue weighted by molar-refractivity contribution is 1.11. The van der Waals surface area contributed by atoms with Crippen molar-refractivity contribution < 1.29 is 0 Å². The fourth-order valence-corrected chi connectivity index (χ4v) is 0.991. The third kappa shape index (κ3) is 3.32. The van der Waals surface area contributed by atoms with Gasteiger partial charge >= 0.3 is 0 Å². The molecule has 0 bridgehead atoms. The number of hydrogen-bond acceptors (Lipinski definition) is 2. The summed E-state index contributed by atoms with van der Waals surface area (Å²) in [5, 5.41) is 0. The molecule has 1 heterocycles. The summed E-state index contributed by atoms with van der Waals surface area (Å²) >= 11 is 8.75. The number of nitrogens with zero attached hydrogens (tertiary/aromatic N) is 2. The average molecular weight is 248 g/mol. The molecule has 12 heavy (non-hydrogen) atoms. The standard InChI is InChI=1S/C8H8BrClN2/c9-7-5-11-8(12-6-7)3-1-2-4-10/h1,3,5-6H,2,4H2. The van der Waals surface area contributed by atoms with Gasteiger partial charge in [0, 0.05) is 18.3 Å². The van der Waals surface area contributed by atoms with Crippen LogP contribution in [0.1, 0.15) is 12.2 Å². The zero-order valence-electron chi connectivity index (χ0n) is 6.37. The molecule has 0 spiro atoms. The summed E-state index contributed by atoms with van der Waals surface area (Å²) in [6, 6.07) is 0. The zero-order chi connectivity index (χ0) is 8.81. The smallest absolute Gasteiger partial charge is 0.151 e. The van der Waals surface area contributed by atoms with Crippen LogP contribution in [0.15, 0.2) is 22.9 Å². The van der Waals surface area contributed by atoms with Crippen molar-refractivity contribution in [1.82, 2.24) is 9.97 Å². The molecule has 0 radical (unpaired) electrons. The first kappa shape index (κ1) is 9.68. The van der Waals surface area contributed by atoms with Crippen LogP contribution < -0.4 is 0 Å². The van der Waals surface area contributed by atoms with Crippen LogP contribution in [0.4, 0.5) is 0 Å². The second-order valence-corrected chi connectivity index (χ2v) is 3.43. The molecule has 0 fully saturated rings. The maximum atomic E-state index is 5.49. The highest BCUT2D eigenvalue weighted by Gasteiger charge is 1.88. The van der Waals surface area contributed by atoms with Gasteiger partial charge in [-0.2, -0.15) is 0 Å². The summed E-state index contributed by atoms with van der Waals surface area (Å²) in [5.41, 5.74) is 0. The minimum Gasteiger partial charge on any atom is -0.236 e. The molecule has 0 saturated heterocycles. The van der Waals surface area contributed by atoms with E-state index in [-0.39, 0.29) is 0 Å². The van der Waals surface area contributed by atoms with Crippen molar-refractivity contribution in [2.24, 2.45) is 0 Å². The molecule has 0 aromatic carbocycles. The number of allylic oxidation sites excluding steroid dienone is 1. The molecule has 0 aliphatic rings. The maximum absolute atomic E-state index is 5.49. The van der Waals surface area contributed by atoms with Crippen molar-refractivity contribution in [1.29, 1.82) is 0 Å². The average Bonchev–Trinajstić information content (AvgIpc) is 2.09. The Hall–Kier alpha value is -0.410. The molecule has 4 heteroatoms. The zero-order valence-corrected chi connectivity index (χ0v) is 8.72. The molecule has 0 atom stereocenters. The Morgan fingerprint density at radius 3 is 2.67 bits per heavy atom. The van der Waals surface area contributed by atoms with Gasteiger partial charge in [0.05, 0.1) is 4.47 Å². The second-order valence-electron chi connectivity index (χ2n) is 2.14. The van der Waals surface area contributed by atoms with E-state index in [2.05, 4.69) is 25.9 Å². The molecular formula is C8H8BrClN2. The van der Waals surface area contributed by atoms with Crippen molar-refractivity contribution >= 4 is 33.6 Å². The van der Waals surface area contributed by atoms with Crippen molar-refractivity contribution in [3.05, 3.63) is 28.8 Å². The molecule has 0 amide bonds. The first-order valence-electron chi connectivity index (χ1n) is 3.53. The molecule has 1 aromatic heterocycles. The lowest BCUT2D eigenvalue weighted by atomic mass is 10.4. The Kier molecular flexibility index (Phi) is 4.25. The number of hydrogen-bond donors (Lipinski definition) is 0. The fraction of sp³-hybridized carbons (Fsp3) is 0.250. The Balaban J connectivity index is 2.58. The Labute approximate surface area is 84.8 Å². The SMILES string of the molecule is ClCCC=Cc1ncc(Br)cn1. The molecular weight excluding hydrogens is 239 g/mol. The van der Waals surface area contributed by atoms with Crippen LogP contribution in [0.5, 0.6) is 0 Å². The van der Waals surface area contributed by atoms with Crippen LogP contribution in [0.2, 0.25) is 0 Å². The van der Waals surface area contributed by atoms with Crippen LogP contribution in [-0.2, 0) is 0 Å². The minimum atomic E-state index is 0.632. The Morgan fingerprint density at radius 2 is 2.08 bits per heavy atom. The summed E-state index contributed by atoms with van der Waals surface area (Å²) in [6.45, 7) is 0. The van der Waals surface area contributed by atoms with Gasteiger partial charge in [0.2, 0.25) is 0 Å². The summed E-state index contributed by atoms with van der Waals surface area (Å²) in [7, 11) is 0. The van der Waals surface area contributed by atoms with Gasteiger partial charge in [0.1, 0.15) is 0 Å². The summed E-state index contributed by atoms with van der Waals surface area (Å²) in [4.78, 5) is 8.12. The number of alkyl halides is 1. The molecule has 2 nitrogen and oxygen atoms in total. The van der Waals surface area contributed by atoms with Crippen LogP contribution >= 0.6 is 27.5 Å². The lowest BCUT2D eigenvalue weighted by Crippen LogP contribution is -1.84. The van der Waals surface area contributed by atoms with E-state index in [4.69, 9.17) is 11.6 Å². The summed E-state index contributed by atoms with van der Waals surface area (Å²) < 4.78 is 0.886. The predicted octanol–water partition coefficient (Wildman–Crippen LogP) is 2.88. The van der Waals surface area contributed by atoms with E-state index in [0.29, 0.717) is 11.7 Å². The van der Waals surface area contributed by atoms with Crippen molar-refractivity contribution in [3.63, 3.8) is 0 Å². The number of rotatable bonds is 3. The molecule has 0 aliphatic heterocycles. The van der Waals surface area contributed by atoms with Gasteiger partial charge in [-0.15, -0.1) is 11.6 Å². The van der Waals surface area contributed by atoms with E-state index in [1.165, 1.54) is 0 Å². The topological polar surface area (TPSA) is 25.8 Å². The van der Waals surface area contributed by atoms with Gasteiger partial charge in [-0.05, 0) is 28.4 Å². The van der Waals surface area contributed by atoms with E-state index < -0.39 is 0 Å². The van der Waals surface area contributed by atoms with Crippen LogP contribution in [-0.4, -0.2) is 15.8 Å². The molecule has 0 N–H and O–H groups in total. The normalized spacial score (nSPS) is 10.8. The minimum absolute atomic E-state index is 0.632. The highest BCUT2D eigenvalue weighted by atomic mass is 79.9. The van der Waals surface area contributed by atoms with Gasteiger partial charge in [-0.25, -0.2) is 9.97 Å². The first-order chi connectivity index (χ1) is 5.83. The van der Waals surface area contributed by atoms with E-state index in [1.807, 2.05) is 12.2 Å². The van der Waals surface area contributed by atoms with Gasteiger partial charge in [0.15, 0.2) is 5.82 Å². The molecule has 1 aromatic rings. The highest BCUT2D eigenvalue weighted by Crippen LogP contribution is 2.05. The van der Waals surface area contributed by atoms with Crippen LogP contribution in [0, 0.1) is 0 Å². The summed E-state index contributed by atoms with van der Waals surface area (Å²) in [5.74, 6) is 1.34. The van der Waals surface area contributed by atoms with E-state index in [0.717, 1.165) is 10.9 Å². The first-order valence-corrected chi connectivity index (χ1v) is 4.85. The van der Waals surface area contributed by atoms with Crippen molar-refractivity contribution in [3.8, 4) is 0 Å². The van der Waals surface area contributed by atoms with Crippen LogP contribution in [0.3, 0.4) is 0 Å². The van der Waals surface area contributed by atoms with E-state index >= 15 is 0 Å². The molecule has 0 unspecified atom stereocenters. The molecule has 64 valence electrons. The van der Waals surface area contributed by atoms with Gasteiger partial charge < -0.3 is 0 Å². The van der Waals surface area contributed by atoms with Crippen molar-refractivity contribution in [2.45, 2.75) is 6.42 Å². The predicted molar refractivity (Wildman–Crippen MR) is 54.1 cm³/mol. The monoisotopic (exact) mass is 246 g/mol. The van der Waals surface area contributed by atoms with E-state index in [1.54, 1.807) is 12.4 Å². The van der Waals surface area contributed by atoms with Crippen molar-refractivity contribution in [2.75, 3.05) is 5.88 Å². The highest BCUT2D eigenvalue weighted by molar-refractivity contribution is 9.10. The van der Waals surface area contributed by atoms with Crippen LogP contribution in [0.25, 0.3) is 6.08 Å². The number of halogens is 2. The maximum Gasteiger partial charge on any atom is 0.151 e. The molecule has 1 rings (SSSR count). The largest absolute Gasteiger partial charge is 0.236 e. The quantitative estimate of drug-likeness (QED) is 0.768. The van der Waals surface area contributed by atoms with Gasteiger partial charge in [0.25, 0.3) is 0 Å². The lowest BCUT2D eigenvalue weighted by Gasteiger charge is -1.90. The Bertz CT molecular complexity index is 258. The van der Waals surface area contributed by atoms with Gasteiger partial charge in [-0.1, -0.05) is 6.08 Å². The number of aromatic nitrogens is 2. The molecule has 0 saturated carbocycles.